The van der Waals surface area contributed by atoms with Crippen LogP contribution in [0.25, 0.3) is 11.0 Å². The van der Waals surface area contributed by atoms with E-state index in [9.17, 15) is 14.4 Å². The van der Waals surface area contributed by atoms with Crippen LogP contribution in [0.15, 0.2) is 70.5 Å². The largest absolute Gasteiger partial charge is 0.490 e. The van der Waals surface area contributed by atoms with E-state index in [4.69, 9.17) is 9.47 Å². The Hall–Kier alpha value is -4.47. The molecule has 172 valence electrons. The van der Waals surface area contributed by atoms with E-state index in [1.165, 1.54) is 10.8 Å². The van der Waals surface area contributed by atoms with Crippen molar-refractivity contribution in [1.29, 1.82) is 0 Å². The van der Waals surface area contributed by atoms with E-state index in [1.54, 1.807) is 54.7 Å². The molecular weight excluding hydrogens is 438 g/mol. The van der Waals surface area contributed by atoms with Gasteiger partial charge < -0.3 is 14.8 Å². The number of aromatic nitrogens is 4. The van der Waals surface area contributed by atoms with Crippen LogP contribution < -0.4 is 26.0 Å². The molecule has 4 aromatic rings. The standard InChI is InChI=1S/C24H21N5O5/c30-21(27-16-7-8-19-20(13-16)34-12-4-11-33-19)15-28-18-6-3-10-26-22(18)23(31)29(24(28)32)14-17-5-1-2-9-25-17/h1-3,5-10,13H,4,11-12,14-15H2,(H,27,30). The highest BCUT2D eigenvalue weighted by molar-refractivity contribution is 5.91. The minimum Gasteiger partial charge on any atom is -0.490 e. The highest BCUT2D eigenvalue weighted by Crippen LogP contribution is 2.32. The van der Waals surface area contributed by atoms with Gasteiger partial charge in [0, 0.05) is 30.6 Å². The number of rotatable bonds is 5. The van der Waals surface area contributed by atoms with E-state index in [2.05, 4.69) is 15.3 Å². The molecule has 0 fully saturated rings. The summed E-state index contributed by atoms with van der Waals surface area (Å²) in [7, 11) is 0. The van der Waals surface area contributed by atoms with Gasteiger partial charge in [0.2, 0.25) is 5.91 Å². The van der Waals surface area contributed by atoms with Crippen LogP contribution in [0.3, 0.4) is 0 Å². The Kier molecular flexibility index (Phi) is 5.77. The van der Waals surface area contributed by atoms with Crippen molar-refractivity contribution in [2.75, 3.05) is 18.5 Å². The van der Waals surface area contributed by atoms with Gasteiger partial charge in [0.05, 0.1) is 31.0 Å². The predicted molar refractivity (Wildman–Crippen MR) is 124 cm³/mol. The van der Waals surface area contributed by atoms with Crippen LogP contribution in [-0.2, 0) is 17.9 Å². The number of carbonyl (C=O) groups is 1. The summed E-state index contributed by atoms with van der Waals surface area (Å²) in [5.74, 6) is 0.723. The normalized spacial score (nSPS) is 12.8. The van der Waals surface area contributed by atoms with Gasteiger partial charge in [0.25, 0.3) is 5.56 Å². The first kappa shape index (κ1) is 21.4. The number of pyridine rings is 2. The second-order valence-corrected chi connectivity index (χ2v) is 7.71. The summed E-state index contributed by atoms with van der Waals surface area (Å²) in [5.41, 5.74) is 0.271. The highest BCUT2D eigenvalue weighted by atomic mass is 16.5. The number of hydrogen-bond donors (Lipinski definition) is 1. The molecule has 10 nitrogen and oxygen atoms in total. The lowest BCUT2D eigenvalue weighted by molar-refractivity contribution is -0.116. The van der Waals surface area contributed by atoms with E-state index in [0.29, 0.717) is 36.1 Å². The number of hydrogen-bond acceptors (Lipinski definition) is 7. The highest BCUT2D eigenvalue weighted by Gasteiger charge is 2.18. The van der Waals surface area contributed by atoms with Crippen molar-refractivity contribution >= 4 is 22.6 Å². The Morgan fingerprint density at radius 1 is 0.941 bits per heavy atom. The fourth-order valence-corrected chi connectivity index (χ4v) is 3.77. The summed E-state index contributed by atoms with van der Waals surface area (Å²) >= 11 is 0. The molecule has 5 rings (SSSR count). The first-order valence-electron chi connectivity index (χ1n) is 10.8. The van der Waals surface area contributed by atoms with E-state index in [0.717, 1.165) is 11.0 Å². The van der Waals surface area contributed by atoms with Crippen LogP contribution in [0.5, 0.6) is 11.5 Å². The second kappa shape index (κ2) is 9.18. The van der Waals surface area contributed by atoms with Crippen LogP contribution in [0, 0.1) is 0 Å². The van der Waals surface area contributed by atoms with Crippen molar-refractivity contribution in [2.45, 2.75) is 19.5 Å². The third kappa shape index (κ3) is 4.25. The maximum Gasteiger partial charge on any atom is 0.332 e. The van der Waals surface area contributed by atoms with Crippen LogP contribution >= 0.6 is 0 Å². The van der Waals surface area contributed by atoms with E-state index in [-0.39, 0.29) is 24.1 Å². The van der Waals surface area contributed by atoms with Gasteiger partial charge in [-0.15, -0.1) is 0 Å². The van der Waals surface area contributed by atoms with Gasteiger partial charge in [-0.25, -0.2) is 9.78 Å². The van der Waals surface area contributed by atoms with Crippen molar-refractivity contribution in [3.05, 3.63) is 87.5 Å². The molecule has 0 bridgehead atoms. The Bertz CT molecular complexity index is 1480. The van der Waals surface area contributed by atoms with Crippen LogP contribution in [0.2, 0.25) is 0 Å². The molecule has 0 saturated carbocycles. The summed E-state index contributed by atoms with van der Waals surface area (Å²) in [6.07, 6.45) is 3.83. The second-order valence-electron chi connectivity index (χ2n) is 7.71. The molecule has 34 heavy (non-hydrogen) atoms. The number of fused-ring (bicyclic) bond motifs is 2. The average molecular weight is 459 g/mol. The van der Waals surface area contributed by atoms with Gasteiger partial charge in [-0.2, -0.15) is 0 Å². The number of anilines is 1. The SMILES string of the molecule is O=C(Cn1c(=O)n(Cc2ccccn2)c(=O)c2ncccc21)Nc1ccc2c(c1)OCCCO2. The maximum absolute atomic E-state index is 13.3. The summed E-state index contributed by atoms with van der Waals surface area (Å²) in [6, 6.07) is 13.6. The Labute approximate surface area is 193 Å². The smallest absolute Gasteiger partial charge is 0.332 e. The molecule has 1 aliphatic heterocycles. The molecule has 0 atom stereocenters. The van der Waals surface area contributed by atoms with Crippen molar-refractivity contribution in [1.82, 2.24) is 19.1 Å². The van der Waals surface area contributed by atoms with Gasteiger partial charge in [0.1, 0.15) is 6.54 Å². The zero-order valence-electron chi connectivity index (χ0n) is 18.1. The van der Waals surface area contributed by atoms with Crippen LogP contribution in [0.4, 0.5) is 5.69 Å². The molecule has 0 spiro atoms. The number of nitrogens with one attached hydrogen (secondary N) is 1. The molecule has 1 aliphatic rings. The predicted octanol–water partition coefficient (Wildman–Crippen LogP) is 1.80. The van der Waals surface area contributed by atoms with Gasteiger partial charge in [-0.3, -0.25) is 23.7 Å². The average Bonchev–Trinajstić information content (AvgIpc) is 3.10. The third-order valence-corrected chi connectivity index (χ3v) is 5.37. The topological polar surface area (TPSA) is 117 Å². The molecule has 0 unspecified atom stereocenters. The molecule has 3 aromatic heterocycles. The molecule has 1 N–H and O–H groups in total. The fourth-order valence-electron chi connectivity index (χ4n) is 3.77. The molecule has 0 saturated heterocycles. The lowest BCUT2D eigenvalue weighted by atomic mass is 10.2. The van der Waals surface area contributed by atoms with Gasteiger partial charge in [-0.1, -0.05) is 6.07 Å². The lowest BCUT2D eigenvalue weighted by Gasteiger charge is -2.14. The summed E-state index contributed by atoms with van der Waals surface area (Å²) in [6.45, 7) is 0.750. The number of ether oxygens (including phenoxy) is 2. The van der Waals surface area contributed by atoms with Crippen molar-refractivity contribution in [3.8, 4) is 11.5 Å². The van der Waals surface area contributed by atoms with E-state index >= 15 is 0 Å². The van der Waals surface area contributed by atoms with Gasteiger partial charge in [-0.05, 0) is 36.4 Å². The third-order valence-electron chi connectivity index (χ3n) is 5.37. The monoisotopic (exact) mass is 459 g/mol. The van der Waals surface area contributed by atoms with Gasteiger partial charge in [0.15, 0.2) is 17.0 Å². The first-order valence-corrected chi connectivity index (χ1v) is 10.8. The Morgan fingerprint density at radius 2 is 1.76 bits per heavy atom. The lowest BCUT2D eigenvalue weighted by Crippen LogP contribution is -2.42. The van der Waals surface area contributed by atoms with Crippen molar-refractivity contribution in [2.24, 2.45) is 0 Å². The fraction of sp³-hybridized carbons (Fsp3) is 0.208. The number of nitrogens with zero attached hydrogens (tertiary/aromatic N) is 4. The van der Waals surface area contributed by atoms with Crippen LogP contribution in [0.1, 0.15) is 12.1 Å². The van der Waals surface area contributed by atoms with Crippen LogP contribution in [-0.4, -0.2) is 38.2 Å². The quantitative estimate of drug-likeness (QED) is 0.484. The molecule has 0 radical (unpaired) electrons. The summed E-state index contributed by atoms with van der Waals surface area (Å²) in [4.78, 5) is 47.5. The Balaban J connectivity index is 1.47. The zero-order valence-corrected chi connectivity index (χ0v) is 18.1. The van der Waals surface area contributed by atoms with E-state index in [1.807, 2.05) is 0 Å². The van der Waals surface area contributed by atoms with Gasteiger partial charge >= 0.3 is 5.69 Å². The molecule has 1 amide bonds. The minimum atomic E-state index is -0.620. The number of amides is 1. The van der Waals surface area contributed by atoms with Crippen molar-refractivity contribution in [3.63, 3.8) is 0 Å². The molecule has 10 heteroatoms. The molecule has 0 aliphatic carbocycles. The summed E-state index contributed by atoms with van der Waals surface area (Å²) in [5, 5.41) is 2.78. The van der Waals surface area contributed by atoms with Crippen molar-refractivity contribution < 1.29 is 14.3 Å². The maximum atomic E-state index is 13.3. The summed E-state index contributed by atoms with van der Waals surface area (Å²) < 4.78 is 13.6. The molecular formula is C24H21N5O5. The molecule has 1 aromatic carbocycles. The number of carbonyl (C=O) groups excluding carboxylic acids is 1. The first-order chi connectivity index (χ1) is 16.6. The minimum absolute atomic E-state index is 0.0329. The number of benzene rings is 1. The Morgan fingerprint density at radius 3 is 2.59 bits per heavy atom. The molecule has 4 heterocycles. The zero-order chi connectivity index (χ0) is 23.5. The van der Waals surface area contributed by atoms with E-state index < -0.39 is 17.2 Å².